The molecule has 0 saturated carbocycles. The zero-order valence-corrected chi connectivity index (χ0v) is 6.13. The molecule has 1 radical (unpaired) electrons. The van der Waals surface area contributed by atoms with Gasteiger partial charge in [-0.15, -0.1) is 5.06 Å². The monoisotopic (exact) mass is 128 g/mol. The van der Waals surface area contributed by atoms with Crippen molar-refractivity contribution in [1.82, 2.24) is 5.06 Å². The van der Waals surface area contributed by atoms with Gasteiger partial charge in [-0.25, -0.2) is 0 Å². The van der Waals surface area contributed by atoms with Crippen LogP contribution in [0, 0.1) is 6.73 Å². The van der Waals surface area contributed by atoms with Crippen LogP contribution in [-0.2, 0) is 4.84 Å². The number of rotatable bonds is 4. The van der Waals surface area contributed by atoms with E-state index in [1.807, 2.05) is 5.06 Å². The molecule has 2 heteroatoms. The molecule has 0 aromatic heterocycles. The van der Waals surface area contributed by atoms with Crippen molar-refractivity contribution in [3.05, 3.63) is 6.73 Å². The summed E-state index contributed by atoms with van der Waals surface area (Å²) in [5.41, 5.74) is 0. The maximum atomic E-state index is 4.92. The fourth-order valence-corrected chi connectivity index (χ4v) is 1.04. The van der Waals surface area contributed by atoms with Crippen LogP contribution in [0.4, 0.5) is 0 Å². The summed E-state index contributed by atoms with van der Waals surface area (Å²) in [6, 6.07) is 0.634. The minimum absolute atomic E-state index is 0.634. The van der Waals surface area contributed by atoms with Gasteiger partial charge in [0, 0.05) is 6.04 Å². The first-order chi connectivity index (χ1) is 4.38. The normalized spacial score (nSPS) is 28.0. The van der Waals surface area contributed by atoms with Crippen molar-refractivity contribution in [3.63, 3.8) is 0 Å². The van der Waals surface area contributed by atoms with Gasteiger partial charge < -0.3 is 0 Å². The molecule has 1 aliphatic heterocycles. The maximum Gasteiger partial charge on any atom is 0.198 e. The predicted molar refractivity (Wildman–Crippen MR) is 36.2 cm³/mol. The van der Waals surface area contributed by atoms with Crippen LogP contribution in [-0.4, -0.2) is 11.1 Å². The van der Waals surface area contributed by atoms with Crippen LogP contribution in [0.15, 0.2) is 0 Å². The lowest BCUT2D eigenvalue weighted by Gasteiger charge is -2.09. The second kappa shape index (κ2) is 3.18. The van der Waals surface area contributed by atoms with Crippen LogP contribution >= 0.6 is 0 Å². The van der Waals surface area contributed by atoms with Crippen LogP contribution in [0.1, 0.15) is 33.1 Å². The molecule has 2 nitrogen and oxygen atoms in total. The number of hydroxylamine groups is 2. The van der Waals surface area contributed by atoms with Crippen molar-refractivity contribution in [1.29, 1.82) is 0 Å². The molecule has 0 N–H and O–H groups in total. The molecule has 0 spiro atoms. The van der Waals surface area contributed by atoms with Crippen LogP contribution in [0.25, 0.3) is 0 Å². The van der Waals surface area contributed by atoms with Crippen molar-refractivity contribution < 1.29 is 4.84 Å². The van der Waals surface area contributed by atoms with E-state index in [4.69, 9.17) is 4.84 Å². The summed E-state index contributed by atoms with van der Waals surface area (Å²) in [5.74, 6) is 0. The van der Waals surface area contributed by atoms with E-state index in [9.17, 15) is 0 Å². The first-order valence-electron chi connectivity index (χ1n) is 3.67. The Labute approximate surface area is 56.8 Å². The van der Waals surface area contributed by atoms with Gasteiger partial charge in [-0.2, -0.15) is 0 Å². The van der Waals surface area contributed by atoms with Gasteiger partial charge in [-0.1, -0.05) is 20.3 Å². The van der Waals surface area contributed by atoms with Crippen LogP contribution in [0.5, 0.6) is 0 Å². The first kappa shape index (κ1) is 7.03. The predicted octanol–water partition coefficient (Wildman–Crippen LogP) is 1.93. The number of hydrogen-bond donors (Lipinski definition) is 0. The van der Waals surface area contributed by atoms with Gasteiger partial charge in [0.05, 0.1) is 0 Å². The van der Waals surface area contributed by atoms with E-state index in [0.29, 0.717) is 6.04 Å². The molecule has 0 aromatic carbocycles. The van der Waals surface area contributed by atoms with E-state index in [1.54, 1.807) is 6.73 Å². The summed E-state index contributed by atoms with van der Waals surface area (Å²) < 4.78 is 0. The van der Waals surface area contributed by atoms with Crippen LogP contribution < -0.4 is 0 Å². The van der Waals surface area contributed by atoms with Crippen molar-refractivity contribution in [2.45, 2.75) is 39.2 Å². The lowest BCUT2D eigenvalue weighted by Crippen LogP contribution is -2.15. The minimum Gasteiger partial charge on any atom is -0.270 e. The van der Waals surface area contributed by atoms with Crippen LogP contribution in [0.3, 0.4) is 0 Å². The second-order valence-electron chi connectivity index (χ2n) is 2.42. The van der Waals surface area contributed by atoms with Gasteiger partial charge >= 0.3 is 0 Å². The average Bonchev–Trinajstić information content (AvgIpc) is 2.64. The Morgan fingerprint density at radius 3 is 2.56 bits per heavy atom. The topological polar surface area (TPSA) is 15.5 Å². The van der Waals surface area contributed by atoms with E-state index in [0.717, 1.165) is 0 Å². The highest BCUT2D eigenvalue weighted by Crippen LogP contribution is 2.23. The van der Waals surface area contributed by atoms with Crippen LogP contribution in [0.2, 0.25) is 0 Å². The molecule has 1 saturated heterocycles. The number of nitrogens with zero attached hydrogens (tertiary/aromatic N) is 1. The zero-order valence-electron chi connectivity index (χ0n) is 6.13. The smallest absolute Gasteiger partial charge is 0.198 e. The van der Waals surface area contributed by atoms with Gasteiger partial charge in [0.2, 0.25) is 0 Å². The standard InChI is InChI=1S/C7H14NO/c1-3-5-7(4-2)8-6-9-8/h6-7H,3-5H2,1-2H3. The Bertz CT molecular complexity index is 81.0. The highest BCUT2D eigenvalue weighted by Gasteiger charge is 2.28. The minimum atomic E-state index is 0.634. The molecule has 53 valence electrons. The third kappa shape index (κ3) is 1.95. The fraction of sp³-hybridized carbons (Fsp3) is 0.857. The zero-order chi connectivity index (χ0) is 6.69. The fourth-order valence-electron chi connectivity index (χ4n) is 1.04. The molecular weight excluding hydrogens is 114 g/mol. The van der Waals surface area contributed by atoms with Crippen molar-refractivity contribution in [2.75, 3.05) is 0 Å². The molecule has 1 rings (SSSR count). The van der Waals surface area contributed by atoms with Crippen molar-refractivity contribution in [2.24, 2.45) is 0 Å². The van der Waals surface area contributed by atoms with Gasteiger partial charge in [-0.05, 0) is 12.8 Å². The highest BCUT2D eigenvalue weighted by atomic mass is 16.8. The second-order valence-corrected chi connectivity index (χ2v) is 2.42. The van der Waals surface area contributed by atoms with Gasteiger partial charge in [0.15, 0.2) is 6.73 Å². The molecule has 0 bridgehead atoms. The Balaban J connectivity index is 2.12. The molecule has 1 heterocycles. The van der Waals surface area contributed by atoms with Gasteiger partial charge in [-0.3, -0.25) is 4.84 Å². The summed E-state index contributed by atoms with van der Waals surface area (Å²) in [6.45, 7) is 6.17. The third-order valence-corrected chi connectivity index (χ3v) is 1.68. The first-order valence-corrected chi connectivity index (χ1v) is 3.67. The van der Waals surface area contributed by atoms with E-state index < -0.39 is 0 Å². The Morgan fingerprint density at radius 2 is 2.22 bits per heavy atom. The van der Waals surface area contributed by atoms with E-state index in [1.165, 1.54) is 19.3 Å². The van der Waals surface area contributed by atoms with Crippen molar-refractivity contribution >= 4 is 0 Å². The molecule has 0 aromatic rings. The van der Waals surface area contributed by atoms with E-state index in [2.05, 4.69) is 13.8 Å². The molecule has 1 aliphatic rings. The maximum absolute atomic E-state index is 4.92. The lowest BCUT2D eigenvalue weighted by atomic mass is 10.1. The number of hydrogen-bond acceptors (Lipinski definition) is 2. The van der Waals surface area contributed by atoms with E-state index in [-0.39, 0.29) is 0 Å². The summed E-state index contributed by atoms with van der Waals surface area (Å²) >= 11 is 0. The summed E-state index contributed by atoms with van der Waals surface area (Å²) in [7, 11) is 0. The average molecular weight is 128 g/mol. The molecule has 1 fully saturated rings. The summed E-state index contributed by atoms with van der Waals surface area (Å²) in [6.07, 6.45) is 3.67. The Hall–Kier alpha value is -0.0800. The molecule has 0 amide bonds. The quantitative estimate of drug-likeness (QED) is 0.537. The molecule has 2 unspecified atom stereocenters. The Kier molecular flexibility index (Phi) is 2.49. The van der Waals surface area contributed by atoms with Gasteiger partial charge in [0.1, 0.15) is 0 Å². The largest absolute Gasteiger partial charge is 0.270 e. The molecular formula is C7H14NO. The third-order valence-electron chi connectivity index (χ3n) is 1.68. The highest BCUT2D eigenvalue weighted by molar-refractivity contribution is 4.72. The molecule has 0 aliphatic carbocycles. The SMILES string of the molecule is CCCC(CC)N1[CH]O1. The Morgan fingerprint density at radius 1 is 1.56 bits per heavy atom. The molecule has 2 atom stereocenters. The van der Waals surface area contributed by atoms with E-state index >= 15 is 0 Å². The van der Waals surface area contributed by atoms with Gasteiger partial charge in [0.25, 0.3) is 0 Å². The van der Waals surface area contributed by atoms with Crippen molar-refractivity contribution in [3.8, 4) is 0 Å². The summed E-state index contributed by atoms with van der Waals surface area (Å²) in [5, 5.41) is 1.93. The lowest BCUT2D eigenvalue weighted by molar-refractivity contribution is 0.136. The molecule has 9 heavy (non-hydrogen) atoms. The summed E-state index contributed by atoms with van der Waals surface area (Å²) in [4.78, 5) is 4.92.